The van der Waals surface area contributed by atoms with Crippen LogP contribution in [0.3, 0.4) is 0 Å². The van der Waals surface area contributed by atoms with E-state index in [0.717, 1.165) is 58.3 Å². The molecule has 3 rings (SSSR count). The predicted octanol–water partition coefficient (Wildman–Crippen LogP) is 1.61. The highest BCUT2D eigenvalue weighted by atomic mass is 127. The summed E-state index contributed by atoms with van der Waals surface area (Å²) in [6, 6.07) is 0. The summed E-state index contributed by atoms with van der Waals surface area (Å²) in [5, 5.41) is 3.47. The molecule has 6 nitrogen and oxygen atoms in total. The van der Waals surface area contributed by atoms with Crippen molar-refractivity contribution in [2.24, 2.45) is 10.4 Å². The fraction of sp³-hybridized carbons (Fsp3) is 0.889. The highest BCUT2D eigenvalue weighted by molar-refractivity contribution is 14.0. The molecule has 3 aliphatic rings. The number of carbonyl (C=O) groups is 1. The van der Waals surface area contributed by atoms with Gasteiger partial charge in [-0.3, -0.25) is 14.7 Å². The first-order chi connectivity index (χ1) is 11.6. The summed E-state index contributed by atoms with van der Waals surface area (Å²) in [4.78, 5) is 23.1. The second kappa shape index (κ2) is 9.39. The van der Waals surface area contributed by atoms with Gasteiger partial charge in [0.25, 0.3) is 0 Å². The molecule has 1 N–H and O–H groups in total. The Bertz CT molecular complexity index is 472. The quantitative estimate of drug-likeness (QED) is 0.391. The third kappa shape index (κ3) is 5.21. The number of amides is 1. The maximum Gasteiger partial charge on any atom is 0.219 e. The summed E-state index contributed by atoms with van der Waals surface area (Å²) in [5.41, 5.74) is 0.610. The van der Waals surface area contributed by atoms with Crippen molar-refractivity contribution in [3.63, 3.8) is 0 Å². The van der Waals surface area contributed by atoms with Crippen molar-refractivity contribution >= 4 is 35.8 Å². The molecule has 0 unspecified atom stereocenters. The fourth-order valence-electron chi connectivity index (χ4n) is 4.21. The van der Waals surface area contributed by atoms with Gasteiger partial charge in [0, 0.05) is 59.3 Å². The minimum atomic E-state index is 0. The molecule has 2 aliphatic heterocycles. The number of piperazine rings is 1. The summed E-state index contributed by atoms with van der Waals surface area (Å²) in [6.07, 6.45) is 5.56. The Morgan fingerprint density at radius 3 is 2.32 bits per heavy atom. The van der Waals surface area contributed by atoms with E-state index in [0.29, 0.717) is 5.41 Å². The van der Waals surface area contributed by atoms with Crippen molar-refractivity contribution in [1.82, 2.24) is 20.0 Å². The lowest BCUT2D eigenvalue weighted by molar-refractivity contribution is -0.130. The van der Waals surface area contributed by atoms with Crippen LogP contribution in [0, 0.1) is 5.41 Å². The number of nitrogens with one attached hydrogen (secondary N) is 1. The molecule has 144 valence electrons. The molecule has 1 saturated carbocycles. The molecule has 2 saturated heterocycles. The molecule has 0 bridgehead atoms. The van der Waals surface area contributed by atoms with Crippen molar-refractivity contribution in [1.29, 1.82) is 0 Å². The first kappa shape index (κ1) is 20.7. The minimum absolute atomic E-state index is 0. The monoisotopic (exact) mass is 463 g/mol. The molecule has 0 radical (unpaired) electrons. The number of nitrogens with zero attached hydrogens (tertiary/aromatic N) is 4. The number of hydrogen-bond donors (Lipinski definition) is 1. The maximum atomic E-state index is 11.4. The van der Waals surface area contributed by atoms with Crippen molar-refractivity contribution in [2.45, 2.75) is 39.5 Å². The summed E-state index contributed by atoms with van der Waals surface area (Å²) in [6.45, 7) is 12.6. The first-order valence-electron chi connectivity index (χ1n) is 9.63. The SMILES string of the molecule is CCNC(=NCCN1CCN(C(C)=O)CC1)N1CCC2(CCC2)C1.I. The van der Waals surface area contributed by atoms with Crippen LogP contribution in [-0.4, -0.2) is 85.5 Å². The average Bonchev–Trinajstić information content (AvgIpc) is 3.00. The number of aliphatic imine (C=N–C) groups is 1. The summed E-state index contributed by atoms with van der Waals surface area (Å²) < 4.78 is 0. The van der Waals surface area contributed by atoms with Crippen LogP contribution in [0.4, 0.5) is 0 Å². The Hall–Kier alpha value is -0.570. The zero-order valence-electron chi connectivity index (χ0n) is 15.8. The molecule has 0 aromatic heterocycles. The third-order valence-electron chi connectivity index (χ3n) is 5.98. The van der Waals surface area contributed by atoms with E-state index in [2.05, 4.69) is 22.0 Å². The standard InChI is InChI=1S/C18H33N5O.HI/c1-3-19-17(23-9-7-18(15-23)5-4-6-18)20-8-10-21-11-13-22(14-12-21)16(2)24;/h3-15H2,1-2H3,(H,19,20);1H. The molecule has 1 amide bonds. The molecule has 1 aliphatic carbocycles. The number of hydrogen-bond acceptors (Lipinski definition) is 3. The lowest BCUT2D eigenvalue weighted by Crippen LogP contribution is -2.48. The van der Waals surface area contributed by atoms with E-state index in [1.165, 1.54) is 32.2 Å². The Kier molecular flexibility index (Phi) is 7.79. The van der Waals surface area contributed by atoms with E-state index in [1.807, 2.05) is 4.90 Å². The summed E-state index contributed by atoms with van der Waals surface area (Å²) in [7, 11) is 0. The Balaban J connectivity index is 0.00000225. The van der Waals surface area contributed by atoms with Crippen molar-refractivity contribution in [2.75, 3.05) is 58.9 Å². The van der Waals surface area contributed by atoms with Gasteiger partial charge in [0.2, 0.25) is 5.91 Å². The van der Waals surface area contributed by atoms with Gasteiger partial charge in [-0.25, -0.2) is 0 Å². The predicted molar refractivity (Wildman–Crippen MR) is 113 cm³/mol. The van der Waals surface area contributed by atoms with E-state index >= 15 is 0 Å². The molecule has 0 aromatic carbocycles. The van der Waals surface area contributed by atoms with E-state index in [-0.39, 0.29) is 29.9 Å². The van der Waals surface area contributed by atoms with Crippen LogP contribution in [0.1, 0.15) is 39.5 Å². The highest BCUT2D eigenvalue weighted by Gasteiger charge is 2.43. The smallest absolute Gasteiger partial charge is 0.219 e. The largest absolute Gasteiger partial charge is 0.357 e. The summed E-state index contributed by atoms with van der Waals surface area (Å²) in [5.74, 6) is 1.30. The van der Waals surface area contributed by atoms with Crippen LogP contribution >= 0.6 is 24.0 Å². The third-order valence-corrected chi connectivity index (χ3v) is 5.98. The molecule has 25 heavy (non-hydrogen) atoms. The van der Waals surface area contributed by atoms with Crippen LogP contribution in [0.5, 0.6) is 0 Å². The van der Waals surface area contributed by atoms with Gasteiger partial charge >= 0.3 is 0 Å². The summed E-state index contributed by atoms with van der Waals surface area (Å²) >= 11 is 0. The average molecular weight is 463 g/mol. The van der Waals surface area contributed by atoms with E-state index in [4.69, 9.17) is 4.99 Å². The molecule has 3 fully saturated rings. The molecule has 2 heterocycles. The van der Waals surface area contributed by atoms with Crippen LogP contribution in [0.2, 0.25) is 0 Å². The van der Waals surface area contributed by atoms with Gasteiger partial charge in [-0.05, 0) is 31.6 Å². The number of rotatable bonds is 4. The molecule has 0 aromatic rings. The van der Waals surface area contributed by atoms with Crippen LogP contribution in [0.15, 0.2) is 4.99 Å². The lowest BCUT2D eigenvalue weighted by Gasteiger charge is -2.38. The van der Waals surface area contributed by atoms with Gasteiger partial charge in [-0.15, -0.1) is 24.0 Å². The number of carbonyl (C=O) groups excluding carboxylic acids is 1. The molecule has 7 heteroatoms. The molecular formula is C18H34IN5O. The van der Waals surface area contributed by atoms with Gasteiger partial charge in [0.15, 0.2) is 5.96 Å². The second-order valence-corrected chi connectivity index (χ2v) is 7.61. The van der Waals surface area contributed by atoms with Crippen LogP contribution in [-0.2, 0) is 4.79 Å². The zero-order chi connectivity index (χ0) is 17.0. The van der Waals surface area contributed by atoms with E-state index in [9.17, 15) is 4.79 Å². The molecule has 1 spiro atoms. The fourth-order valence-corrected chi connectivity index (χ4v) is 4.21. The van der Waals surface area contributed by atoms with Gasteiger partial charge < -0.3 is 15.1 Å². The van der Waals surface area contributed by atoms with Crippen molar-refractivity contribution in [3.05, 3.63) is 0 Å². The van der Waals surface area contributed by atoms with Gasteiger partial charge in [0.05, 0.1) is 6.54 Å². The van der Waals surface area contributed by atoms with Gasteiger partial charge in [0.1, 0.15) is 0 Å². The number of halogens is 1. The topological polar surface area (TPSA) is 51.2 Å². The van der Waals surface area contributed by atoms with Gasteiger partial charge in [-0.1, -0.05) is 6.42 Å². The second-order valence-electron chi connectivity index (χ2n) is 7.61. The van der Waals surface area contributed by atoms with Crippen molar-refractivity contribution < 1.29 is 4.79 Å². The van der Waals surface area contributed by atoms with Crippen LogP contribution in [0.25, 0.3) is 0 Å². The molecule has 0 atom stereocenters. The lowest BCUT2D eigenvalue weighted by atomic mass is 9.68. The maximum absolute atomic E-state index is 11.4. The Labute approximate surface area is 169 Å². The minimum Gasteiger partial charge on any atom is -0.357 e. The highest BCUT2D eigenvalue weighted by Crippen LogP contribution is 2.47. The molecular weight excluding hydrogens is 429 g/mol. The zero-order valence-corrected chi connectivity index (χ0v) is 18.1. The van der Waals surface area contributed by atoms with Crippen molar-refractivity contribution in [3.8, 4) is 0 Å². The Morgan fingerprint density at radius 2 is 1.80 bits per heavy atom. The van der Waals surface area contributed by atoms with Crippen LogP contribution < -0.4 is 5.32 Å². The number of guanidine groups is 1. The Morgan fingerprint density at radius 1 is 1.08 bits per heavy atom. The number of likely N-dealkylation sites (tertiary alicyclic amines) is 1. The first-order valence-corrected chi connectivity index (χ1v) is 9.63. The van der Waals surface area contributed by atoms with E-state index in [1.54, 1.807) is 6.92 Å². The van der Waals surface area contributed by atoms with E-state index < -0.39 is 0 Å². The van der Waals surface area contributed by atoms with Gasteiger partial charge in [-0.2, -0.15) is 0 Å². The normalized spacial score (nSPS) is 23.4.